The Morgan fingerprint density at radius 2 is 0.978 bits per heavy atom. The second-order valence-electron chi connectivity index (χ2n) is 11.9. The molecule has 0 fully saturated rings. The van der Waals surface area contributed by atoms with E-state index in [4.69, 9.17) is 15.0 Å². The fourth-order valence-electron chi connectivity index (χ4n) is 8.12. The number of hydrogen-bond acceptors (Lipinski definition) is 4. The zero-order valence-corrected chi connectivity index (χ0v) is 24.2. The van der Waals surface area contributed by atoms with Crippen molar-refractivity contribution in [3.8, 4) is 17.4 Å². The summed E-state index contributed by atoms with van der Waals surface area (Å²) in [5.41, 5.74) is 8.14. The lowest BCUT2D eigenvalue weighted by Crippen LogP contribution is -2.04. The molecule has 5 heterocycles. The zero-order chi connectivity index (χ0) is 30.1. The van der Waals surface area contributed by atoms with Crippen LogP contribution >= 0.6 is 0 Å². The molecule has 6 aromatic carbocycles. The van der Waals surface area contributed by atoms with E-state index in [1.54, 1.807) is 0 Å². The summed E-state index contributed by atoms with van der Waals surface area (Å²) in [7, 11) is 0. The van der Waals surface area contributed by atoms with E-state index < -0.39 is 0 Å². The van der Waals surface area contributed by atoms with Crippen molar-refractivity contribution in [2.24, 2.45) is 0 Å². The van der Waals surface area contributed by atoms with Crippen molar-refractivity contribution in [3.63, 3.8) is 0 Å². The third kappa shape index (κ3) is 2.71. The predicted molar refractivity (Wildman–Crippen MR) is 186 cm³/mol. The SMILES string of the molecule is N#Cc1c(-n2c3cccc4c5ccccc5c5cncc2c5c43)cccc1-n1c2ccnc3c4ccccc4c4nccc1c4c32. The average molecular weight is 585 g/mol. The van der Waals surface area contributed by atoms with Crippen LogP contribution in [0.3, 0.4) is 0 Å². The maximum Gasteiger partial charge on any atom is 0.104 e. The van der Waals surface area contributed by atoms with Crippen molar-refractivity contribution >= 4 is 87.0 Å². The van der Waals surface area contributed by atoms with E-state index >= 15 is 0 Å². The number of pyridine rings is 3. The van der Waals surface area contributed by atoms with Gasteiger partial charge in [-0.3, -0.25) is 15.0 Å². The third-order valence-electron chi connectivity index (χ3n) is 9.85. The first-order valence-electron chi connectivity index (χ1n) is 15.3. The van der Waals surface area contributed by atoms with Crippen LogP contribution in [0.15, 0.2) is 122 Å². The molecule has 6 heteroatoms. The van der Waals surface area contributed by atoms with E-state index in [0.717, 1.165) is 71.4 Å². The fourth-order valence-corrected chi connectivity index (χ4v) is 8.12. The number of aromatic nitrogens is 5. The molecule has 0 unspecified atom stereocenters. The highest BCUT2D eigenvalue weighted by atomic mass is 15.0. The summed E-state index contributed by atoms with van der Waals surface area (Å²) in [5.74, 6) is 0. The largest absolute Gasteiger partial charge is 0.308 e. The molecule has 0 spiro atoms. The summed E-state index contributed by atoms with van der Waals surface area (Å²) in [5, 5.41) is 22.3. The summed E-state index contributed by atoms with van der Waals surface area (Å²) in [6, 6.07) is 36.2. The van der Waals surface area contributed by atoms with Crippen LogP contribution < -0.4 is 0 Å². The van der Waals surface area contributed by atoms with Gasteiger partial charge in [0.15, 0.2) is 0 Å². The molecule has 6 nitrogen and oxygen atoms in total. The highest BCUT2D eigenvalue weighted by Crippen LogP contribution is 2.45. The lowest BCUT2D eigenvalue weighted by Gasteiger charge is -2.15. The molecule has 0 aliphatic carbocycles. The van der Waals surface area contributed by atoms with E-state index in [1.807, 2.05) is 61.2 Å². The standard InChI is InChI=1S/C40H20N6/c41-19-27-29(45-32-15-17-43-39-25-9-3-4-10-26(25)40-38(37(32)39)33(45)16-18-44-40)12-6-13-30(27)46-31-14-5-11-24-22-7-1-2-8-23(22)28-20-42-21-34(46)36(28)35(24)31/h1-18,20-21H. The number of fused-ring (bicyclic) bond motifs is 6. The van der Waals surface area contributed by atoms with Gasteiger partial charge in [-0.2, -0.15) is 5.26 Å². The highest BCUT2D eigenvalue weighted by molar-refractivity contribution is 6.34. The summed E-state index contributed by atoms with van der Waals surface area (Å²) < 4.78 is 4.44. The van der Waals surface area contributed by atoms with E-state index in [0.29, 0.717) is 5.56 Å². The highest BCUT2D eigenvalue weighted by Gasteiger charge is 2.25. The van der Waals surface area contributed by atoms with Crippen molar-refractivity contribution < 1.29 is 0 Å². The van der Waals surface area contributed by atoms with Gasteiger partial charge < -0.3 is 9.13 Å². The number of benzene rings is 6. The van der Waals surface area contributed by atoms with Crippen molar-refractivity contribution in [3.05, 3.63) is 127 Å². The van der Waals surface area contributed by atoms with Crippen LogP contribution in [0.2, 0.25) is 0 Å². The first-order valence-corrected chi connectivity index (χ1v) is 15.3. The molecule has 210 valence electrons. The number of nitrogens with zero attached hydrogens (tertiary/aromatic N) is 6. The Labute approximate surface area is 260 Å². The molecule has 11 aromatic rings. The van der Waals surface area contributed by atoms with Gasteiger partial charge in [0.1, 0.15) is 11.6 Å². The molecule has 0 saturated heterocycles. The monoisotopic (exact) mass is 584 g/mol. The van der Waals surface area contributed by atoms with Crippen molar-refractivity contribution in [2.45, 2.75) is 0 Å². The van der Waals surface area contributed by atoms with Crippen LogP contribution in [0.4, 0.5) is 0 Å². The number of hydrogen-bond donors (Lipinski definition) is 0. The minimum absolute atomic E-state index is 0.584. The van der Waals surface area contributed by atoms with Gasteiger partial charge in [0.2, 0.25) is 0 Å². The van der Waals surface area contributed by atoms with Gasteiger partial charge in [0.05, 0.1) is 50.7 Å². The third-order valence-corrected chi connectivity index (χ3v) is 9.85. The van der Waals surface area contributed by atoms with E-state index in [9.17, 15) is 5.26 Å². The number of nitriles is 1. The van der Waals surface area contributed by atoms with E-state index in [-0.39, 0.29) is 0 Å². The second-order valence-corrected chi connectivity index (χ2v) is 11.9. The normalized spacial score (nSPS) is 12.3. The summed E-state index contributed by atoms with van der Waals surface area (Å²) >= 11 is 0. The van der Waals surface area contributed by atoms with Gasteiger partial charge in [-0.05, 0) is 46.5 Å². The molecular formula is C40H20N6. The Kier molecular flexibility index (Phi) is 4.31. The lowest BCUT2D eigenvalue weighted by molar-refractivity contribution is 1.11. The van der Waals surface area contributed by atoms with E-state index in [2.05, 4.69) is 75.9 Å². The fraction of sp³-hybridized carbons (Fsp3) is 0. The molecule has 11 rings (SSSR count). The van der Waals surface area contributed by atoms with Gasteiger partial charge in [0.25, 0.3) is 0 Å². The molecule has 0 aliphatic rings. The van der Waals surface area contributed by atoms with Crippen LogP contribution in [-0.4, -0.2) is 24.1 Å². The summed E-state index contributed by atoms with van der Waals surface area (Å²) in [6.45, 7) is 0. The molecule has 0 aliphatic heterocycles. The second kappa shape index (κ2) is 8.32. The van der Waals surface area contributed by atoms with Crippen LogP contribution in [0.1, 0.15) is 5.56 Å². The molecule has 0 atom stereocenters. The maximum absolute atomic E-state index is 11.0. The Bertz CT molecular complexity index is 2730. The summed E-state index contributed by atoms with van der Waals surface area (Å²) in [4.78, 5) is 14.4. The Morgan fingerprint density at radius 1 is 0.457 bits per heavy atom. The Balaban J connectivity index is 1.30. The first-order chi connectivity index (χ1) is 22.8. The van der Waals surface area contributed by atoms with Gasteiger partial charge in [-0.25, -0.2) is 0 Å². The van der Waals surface area contributed by atoms with Crippen LogP contribution in [0.25, 0.3) is 98.3 Å². The van der Waals surface area contributed by atoms with Crippen molar-refractivity contribution in [1.82, 2.24) is 24.1 Å². The molecule has 46 heavy (non-hydrogen) atoms. The van der Waals surface area contributed by atoms with Gasteiger partial charge in [0, 0.05) is 56.3 Å². The molecule has 0 radical (unpaired) electrons. The van der Waals surface area contributed by atoms with E-state index in [1.165, 1.54) is 26.9 Å². The van der Waals surface area contributed by atoms with Gasteiger partial charge >= 0.3 is 0 Å². The molecule has 0 saturated carbocycles. The first kappa shape index (κ1) is 23.8. The predicted octanol–water partition coefficient (Wildman–Crippen LogP) is 9.43. The topological polar surface area (TPSA) is 72.3 Å². The molecule has 0 N–H and O–H groups in total. The quantitative estimate of drug-likeness (QED) is 0.190. The number of rotatable bonds is 2. The van der Waals surface area contributed by atoms with Crippen LogP contribution in [-0.2, 0) is 0 Å². The minimum Gasteiger partial charge on any atom is -0.308 e. The van der Waals surface area contributed by atoms with Crippen molar-refractivity contribution in [1.29, 1.82) is 5.26 Å². The lowest BCUT2D eigenvalue weighted by atomic mass is 9.96. The molecule has 0 bridgehead atoms. The maximum atomic E-state index is 11.0. The Hall–Kier alpha value is -6.58. The average Bonchev–Trinajstić information content (AvgIpc) is 3.64. The van der Waals surface area contributed by atoms with Crippen LogP contribution in [0.5, 0.6) is 0 Å². The molecule has 5 aromatic heterocycles. The minimum atomic E-state index is 0.584. The molecule has 0 amide bonds. The van der Waals surface area contributed by atoms with Crippen LogP contribution in [0, 0.1) is 11.3 Å². The van der Waals surface area contributed by atoms with Gasteiger partial charge in [-0.15, -0.1) is 0 Å². The zero-order valence-electron chi connectivity index (χ0n) is 24.2. The smallest absolute Gasteiger partial charge is 0.104 e. The Morgan fingerprint density at radius 3 is 1.63 bits per heavy atom. The van der Waals surface area contributed by atoms with Crippen molar-refractivity contribution in [2.75, 3.05) is 0 Å². The van der Waals surface area contributed by atoms with Gasteiger partial charge in [-0.1, -0.05) is 66.7 Å². The summed E-state index contributed by atoms with van der Waals surface area (Å²) in [6.07, 6.45) is 7.64. The molecular weight excluding hydrogens is 564 g/mol.